The van der Waals surface area contributed by atoms with Crippen LogP contribution >= 0.6 is 0 Å². The highest BCUT2D eigenvalue weighted by atomic mass is 14.0. The molecule has 0 N–H and O–H groups in total. The zero-order valence-electron chi connectivity index (χ0n) is 6.39. The van der Waals surface area contributed by atoms with Crippen molar-refractivity contribution >= 4 is 10.8 Å². The molecule has 0 aliphatic carbocycles. The van der Waals surface area contributed by atoms with Crippen molar-refractivity contribution in [2.45, 2.75) is 6.92 Å². The molecule has 52 valence electrons. The largest absolute Gasteiger partial charge is 0.0616 e. The second-order valence-corrected chi connectivity index (χ2v) is 2.60. The topological polar surface area (TPSA) is 0 Å². The Balaban J connectivity index is 2.91. The summed E-state index contributed by atoms with van der Waals surface area (Å²) in [6, 6.07) is 16.3. The number of fused-ring (bicyclic) bond motifs is 1. The third-order valence-corrected chi connectivity index (χ3v) is 1.85. The van der Waals surface area contributed by atoms with E-state index in [-0.39, 0.29) is 0 Å². The summed E-state index contributed by atoms with van der Waals surface area (Å²) in [6.07, 6.45) is 0. The van der Waals surface area contributed by atoms with E-state index in [4.69, 9.17) is 0 Å². The van der Waals surface area contributed by atoms with Gasteiger partial charge in [0.05, 0.1) is 0 Å². The summed E-state index contributed by atoms with van der Waals surface area (Å²) in [4.78, 5) is 0. The highest BCUT2D eigenvalue weighted by Gasteiger charge is 1.93. The van der Waals surface area contributed by atoms with Crippen LogP contribution in [0.25, 0.3) is 10.8 Å². The molecule has 2 radical (unpaired) electrons. The molecule has 2 rings (SSSR count). The fourth-order valence-corrected chi connectivity index (χ4v) is 1.24. The molecule has 0 unspecified atom stereocenters. The lowest BCUT2D eigenvalue weighted by Crippen LogP contribution is -1.76. The summed E-state index contributed by atoms with van der Waals surface area (Å²) < 4.78 is 0. The van der Waals surface area contributed by atoms with Gasteiger partial charge >= 0.3 is 0 Å². The van der Waals surface area contributed by atoms with Gasteiger partial charge in [-0.25, -0.2) is 0 Å². The maximum absolute atomic E-state index is 3.14. The van der Waals surface area contributed by atoms with E-state index in [9.17, 15) is 0 Å². The molecule has 0 fully saturated rings. The molecule has 2 aromatic rings. The Labute approximate surface area is 66.5 Å². The van der Waals surface area contributed by atoms with E-state index >= 15 is 0 Å². The molecule has 0 heterocycles. The Morgan fingerprint density at radius 1 is 1.09 bits per heavy atom. The molecule has 0 spiro atoms. The van der Waals surface area contributed by atoms with Crippen molar-refractivity contribution in [1.29, 1.82) is 0 Å². The van der Waals surface area contributed by atoms with Gasteiger partial charge in [0.2, 0.25) is 0 Å². The van der Waals surface area contributed by atoms with Crippen LogP contribution < -0.4 is 0 Å². The smallest absolute Gasteiger partial charge is 0.00926 e. The van der Waals surface area contributed by atoms with Crippen LogP contribution in [-0.4, -0.2) is 0 Å². The quantitative estimate of drug-likeness (QED) is 0.527. The lowest BCUT2D eigenvalue weighted by Gasteiger charge is -1.97. The zero-order chi connectivity index (χ0) is 7.68. The molecule has 11 heavy (non-hydrogen) atoms. The van der Waals surface area contributed by atoms with Crippen molar-refractivity contribution < 1.29 is 0 Å². The van der Waals surface area contributed by atoms with Crippen molar-refractivity contribution in [3.63, 3.8) is 0 Å². The van der Waals surface area contributed by atoms with Crippen LogP contribution in [0, 0.1) is 19.1 Å². The molecule has 0 bridgehead atoms. The van der Waals surface area contributed by atoms with Gasteiger partial charge < -0.3 is 0 Å². The van der Waals surface area contributed by atoms with E-state index in [2.05, 4.69) is 31.2 Å². The van der Waals surface area contributed by atoms with Crippen LogP contribution in [-0.2, 0) is 0 Å². The molecule has 0 atom stereocenters. The predicted molar refractivity (Wildman–Crippen MR) is 46.4 cm³/mol. The predicted octanol–water partition coefficient (Wildman–Crippen LogP) is 2.75. The van der Waals surface area contributed by atoms with E-state index in [0.717, 1.165) is 0 Å². The van der Waals surface area contributed by atoms with Crippen LogP contribution in [0.4, 0.5) is 0 Å². The molecule has 0 amide bonds. The van der Waals surface area contributed by atoms with Gasteiger partial charge in [0.25, 0.3) is 0 Å². The van der Waals surface area contributed by atoms with Crippen molar-refractivity contribution in [2.75, 3.05) is 0 Å². The van der Waals surface area contributed by atoms with Crippen LogP contribution in [0.15, 0.2) is 30.3 Å². The monoisotopic (exact) mass is 140 g/mol. The van der Waals surface area contributed by atoms with Crippen LogP contribution in [0.1, 0.15) is 5.56 Å². The van der Waals surface area contributed by atoms with Crippen molar-refractivity contribution in [3.05, 3.63) is 48.0 Å². The van der Waals surface area contributed by atoms with Crippen molar-refractivity contribution in [1.82, 2.24) is 0 Å². The maximum atomic E-state index is 3.14. The Bertz CT molecular complexity index is 369. The average molecular weight is 140 g/mol. The fourth-order valence-electron chi connectivity index (χ4n) is 1.24. The maximum Gasteiger partial charge on any atom is -0.00926 e. The minimum Gasteiger partial charge on any atom is -0.0616 e. The highest BCUT2D eigenvalue weighted by Crippen LogP contribution is 2.15. The third-order valence-electron chi connectivity index (χ3n) is 1.85. The molecule has 0 saturated heterocycles. The zero-order valence-corrected chi connectivity index (χ0v) is 6.39. The normalized spacial score (nSPS) is 10.3. The van der Waals surface area contributed by atoms with Gasteiger partial charge in [-0.05, 0) is 41.5 Å². The molecular formula is C11H8. The van der Waals surface area contributed by atoms with Gasteiger partial charge in [0.15, 0.2) is 0 Å². The summed E-state index contributed by atoms with van der Waals surface area (Å²) in [5.41, 5.74) is 1.19. The summed E-state index contributed by atoms with van der Waals surface area (Å²) in [5.74, 6) is 0. The Morgan fingerprint density at radius 3 is 2.73 bits per heavy atom. The number of benzene rings is 2. The number of hydrogen-bond acceptors (Lipinski definition) is 0. The molecule has 0 aliphatic heterocycles. The Kier molecular flexibility index (Phi) is 1.39. The second kappa shape index (κ2) is 2.39. The minimum absolute atomic E-state index is 1.17. The van der Waals surface area contributed by atoms with Crippen LogP contribution in [0.3, 0.4) is 0 Å². The summed E-state index contributed by atoms with van der Waals surface area (Å²) in [7, 11) is 0. The molecule has 2 aromatic carbocycles. The lowest BCUT2D eigenvalue weighted by molar-refractivity contribution is 1.51. The SMILES string of the molecule is Cc1[c]c[c]c2ccccc12. The summed E-state index contributed by atoms with van der Waals surface area (Å²) >= 11 is 0. The Morgan fingerprint density at radius 2 is 1.91 bits per heavy atom. The Hall–Kier alpha value is -1.30. The molecule has 0 heteroatoms. The first-order chi connectivity index (χ1) is 5.38. The first kappa shape index (κ1) is 6.41. The molecular weight excluding hydrogens is 132 g/mol. The van der Waals surface area contributed by atoms with E-state index in [0.29, 0.717) is 0 Å². The van der Waals surface area contributed by atoms with E-state index < -0.39 is 0 Å². The molecule has 0 aromatic heterocycles. The second-order valence-electron chi connectivity index (χ2n) is 2.60. The third kappa shape index (κ3) is 1.01. The van der Waals surface area contributed by atoms with E-state index in [1.54, 1.807) is 0 Å². The average Bonchev–Trinajstić information content (AvgIpc) is 2.06. The van der Waals surface area contributed by atoms with Gasteiger partial charge in [-0.1, -0.05) is 24.3 Å². The van der Waals surface area contributed by atoms with Crippen molar-refractivity contribution in [3.8, 4) is 0 Å². The minimum atomic E-state index is 1.17. The lowest BCUT2D eigenvalue weighted by atomic mass is 10.1. The van der Waals surface area contributed by atoms with Gasteiger partial charge in [-0.3, -0.25) is 0 Å². The first-order valence-electron chi connectivity index (χ1n) is 3.65. The van der Waals surface area contributed by atoms with Crippen molar-refractivity contribution in [2.24, 2.45) is 0 Å². The standard InChI is InChI=1S/C11H8/c1-9-5-4-7-10-6-2-3-8-11(9)10/h2-4,6,8H,1H3. The van der Waals surface area contributed by atoms with Gasteiger partial charge in [0.1, 0.15) is 0 Å². The summed E-state index contributed by atoms with van der Waals surface area (Å²) in [6.45, 7) is 2.07. The highest BCUT2D eigenvalue weighted by molar-refractivity contribution is 5.84. The van der Waals surface area contributed by atoms with Gasteiger partial charge in [-0.2, -0.15) is 0 Å². The van der Waals surface area contributed by atoms with E-state index in [1.807, 2.05) is 18.2 Å². The van der Waals surface area contributed by atoms with Crippen LogP contribution in [0.5, 0.6) is 0 Å². The number of hydrogen-bond donors (Lipinski definition) is 0. The first-order valence-corrected chi connectivity index (χ1v) is 3.65. The summed E-state index contributed by atoms with van der Waals surface area (Å²) in [5, 5.41) is 2.42. The van der Waals surface area contributed by atoms with E-state index in [1.165, 1.54) is 16.3 Å². The van der Waals surface area contributed by atoms with Gasteiger partial charge in [0, 0.05) is 0 Å². The molecule has 0 saturated carbocycles. The van der Waals surface area contributed by atoms with Crippen LogP contribution in [0.2, 0.25) is 0 Å². The number of aryl methyl sites for hydroxylation is 1. The number of rotatable bonds is 0. The molecule has 0 aliphatic rings. The molecule has 0 nitrogen and oxygen atoms in total. The fraction of sp³-hybridized carbons (Fsp3) is 0.0909. The van der Waals surface area contributed by atoms with Gasteiger partial charge in [-0.15, -0.1) is 0 Å².